The smallest absolute Gasteiger partial charge is 0.181 e. The van der Waals surface area contributed by atoms with Crippen molar-refractivity contribution in [2.24, 2.45) is 5.73 Å². The van der Waals surface area contributed by atoms with E-state index in [2.05, 4.69) is 15.0 Å². The van der Waals surface area contributed by atoms with Crippen LogP contribution in [0.4, 0.5) is 0 Å². The first kappa shape index (κ1) is 11.5. The maximum absolute atomic E-state index is 5.85. The minimum absolute atomic E-state index is 0.00630. The molecule has 0 amide bonds. The minimum atomic E-state index is 0.00630. The first-order valence-electron chi connectivity index (χ1n) is 6.68. The quantitative estimate of drug-likeness (QED) is 0.786. The first-order valence-corrected chi connectivity index (χ1v) is 6.68. The largest absolute Gasteiger partial charge is 0.443 e. The SMILES string of the molecule is NCC1(c2nccc(-c3ccc4ncoc4c3)n2)CC1. The lowest BCUT2D eigenvalue weighted by Crippen LogP contribution is -2.22. The number of hydrogen-bond donors (Lipinski definition) is 1. The average Bonchev–Trinajstić information content (AvgIpc) is 3.17. The van der Waals surface area contributed by atoms with Crippen LogP contribution in [0.1, 0.15) is 18.7 Å². The summed E-state index contributed by atoms with van der Waals surface area (Å²) in [6.45, 7) is 0.609. The summed E-state index contributed by atoms with van der Waals surface area (Å²) in [5.41, 5.74) is 9.37. The van der Waals surface area contributed by atoms with Crippen molar-refractivity contribution in [2.45, 2.75) is 18.3 Å². The van der Waals surface area contributed by atoms with Gasteiger partial charge in [-0.2, -0.15) is 0 Å². The van der Waals surface area contributed by atoms with E-state index in [-0.39, 0.29) is 5.41 Å². The molecule has 2 N–H and O–H groups in total. The van der Waals surface area contributed by atoms with Crippen molar-refractivity contribution in [3.05, 3.63) is 42.7 Å². The summed E-state index contributed by atoms with van der Waals surface area (Å²) in [5.74, 6) is 0.857. The summed E-state index contributed by atoms with van der Waals surface area (Å²) in [7, 11) is 0. The molecule has 2 aromatic heterocycles. The minimum Gasteiger partial charge on any atom is -0.443 e. The highest BCUT2D eigenvalue weighted by Crippen LogP contribution is 2.45. The molecule has 20 heavy (non-hydrogen) atoms. The number of nitrogens with two attached hydrogens (primary N) is 1. The lowest BCUT2D eigenvalue weighted by Gasteiger charge is -2.11. The van der Waals surface area contributed by atoms with E-state index >= 15 is 0 Å². The van der Waals surface area contributed by atoms with Crippen LogP contribution in [0.3, 0.4) is 0 Å². The Balaban J connectivity index is 1.79. The predicted octanol–water partition coefficient (Wildman–Crippen LogP) is 2.28. The molecule has 1 fully saturated rings. The van der Waals surface area contributed by atoms with Crippen LogP contribution in [0.2, 0.25) is 0 Å². The van der Waals surface area contributed by atoms with Gasteiger partial charge < -0.3 is 10.2 Å². The van der Waals surface area contributed by atoms with E-state index in [9.17, 15) is 0 Å². The molecule has 1 aliphatic carbocycles. The molecule has 5 heteroatoms. The van der Waals surface area contributed by atoms with Gasteiger partial charge in [-0.25, -0.2) is 15.0 Å². The van der Waals surface area contributed by atoms with Gasteiger partial charge in [0.2, 0.25) is 0 Å². The third-order valence-electron chi connectivity index (χ3n) is 4.00. The Kier molecular flexibility index (Phi) is 2.37. The molecule has 2 heterocycles. The van der Waals surface area contributed by atoms with Gasteiger partial charge in [0.05, 0.1) is 5.69 Å². The monoisotopic (exact) mass is 266 g/mol. The van der Waals surface area contributed by atoms with E-state index in [4.69, 9.17) is 10.2 Å². The van der Waals surface area contributed by atoms with Crippen molar-refractivity contribution in [3.63, 3.8) is 0 Å². The number of hydrogen-bond acceptors (Lipinski definition) is 5. The highest BCUT2D eigenvalue weighted by atomic mass is 16.3. The number of benzene rings is 1. The molecule has 0 atom stereocenters. The Morgan fingerprint density at radius 3 is 2.90 bits per heavy atom. The van der Waals surface area contributed by atoms with Crippen molar-refractivity contribution in [1.29, 1.82) is 0 Å². The normalized spacial score (nSPS) is 16.4. The average molecular weight is 266 g/mol. The molecule has 3 aromatic rings. The van der Waals surface area contributed by atoms with Gasteiger partial charge in [0.1, 0.15) is 11.3 Å². The summed E-state index contributed by atoms with van der Waals surface area (Å²) >= 11 is 0. The van der Waals surface area contributed by atoms with E-state index in [1.807, 2.05) is 24.3 Å². The molecule has 1 aromatic carbocycles. The highest BCUT2D eigenvalue weighted by molar-refractivity contribution is 5.78. The Morgan fingerprint density at radius 1 is 1.20 bits per heavy atom. The molecular formula is C15H14N4O. The molecule has 4 rings (SSSR count). The van der Waals surface area contributed by atoms with Gasteiger partial charge in [0, 0.05) is 23.7 Å². The van der Waals surface area contributed by atoms with E-state index in [0.29, 0.717) is 6.54 Å². The number of aromatic nitrogens is 3. The predicted molar refractivity (Wildman–Crippen MR) is 75.0 cm³/mol. The fraction of sp³-hybridized carbons (Fsp3) is 0.267. The van der Waals surface area contributed by atoms with Crippen LogP contribution in [-0.2, 0) is 5.41 Å². The molecule has 0 saturated heterocycles. The van der Waals surface area contributed by atoms with Crippen LogP contribution in [0.5, 0.6) is 0 Å². The number of nitrogens with zero attached hydrogens (tertiary/aromatic N) is 3. The van der Waals surface area contributed by atoms with Crippen LogP contribution in [0.15, 0.2) is 41.3 Å². The Bertz CT molecular complexity index is 776. The van der Waals surface area contributed by atoms with Crippen molar-refractivity contribution in [2.75, 3.05) is 6.54 Å². The fourth-order valence-electron chi connectivity index (χ4n) is 2.46. The number of oxazole rings is 1. The molecule has 0 aliphatic heterocycles. The van der Waals surface area contributed by atoms with Gasteiger partial charge in [0.15, 0.2) is 12.0 Å². The topological polar surface area (TPSA) is 77.8 Å². The lowest BCUT2D eigenvalue weighted by atomic mass is 10.1. The molecule has 0 bridgehead atoms. The maximum Gasteiger partial charge on any atom is 0.181 e. The van der Waals surface area contributed by atoms with Crippen LogP contribution in [-0.4, -0.2) is 21.5 Å². The van der Waals surface area contributed by atoms with Crippen molar-refractivity contribution in [1.82, 2.24) is 15.0 Å². The molecule has 0 spiro atoms. The second-order valence-corrected chi connectivity index (χ2v) is 5.28. The van der Waals surface area contributed by atoms with Gasteiger partial charge >= 0.3 is 0 Å². The zero-order valence-electron chi connectivity index (χ0n) is 10.9. The molecule has 0 unspecified atom stereocenters. The van der Waals surface area contributed by atoms with E-state index < -0.39 is 0 Å². The lowest BCUT2D eigenvalue weighted by molar-refractivity contribution is 0.602. The van der Waals surface area contributed by atoms with Gasteiger partial charge in [-0.1, -0.05) is 6.07 Å². The highest BCUT2D eigenvalue weighted by Gasteiger charge is 2.45. The fourth-order valence-corrected chi connectivity index (χ4v) is 2.46. The van der Waals surface area contributed by atoms with Gasteiger partial charge in [-0.05, 0) is 31.0 Å². The molecular weight excluding hydrogens is 252 g/mol. The van der Waals surface area contributed by atoms with E-state index in [1.54, 1.807) is 6.20 Å². The zero-order chi connectivity index (χ0) is 13.6. The Labute approximate surface area is 115 Å². The third-order valence-corrected chi connectivity index (χ3v) is 4.00. The first-order chi connectivity index (χ1) is 9.81. The molecule has 1 aliphatic rings. The number of fused-ring (bicyclic) bond motifs is 1. The van der Waals surface area contributed by atoms with Crippen LogP contribution in [0.25, 0.3) is 22.4 Å². The van der Waals surface area contributed by atoms with Crippen LogP contribution in [0, 0.1) is 0 Å². The van der Waals surface area contributed by atoms with Crippen LogP contribution < -0.4 is 5.73 Å². The Hall–Kier alpha value is -2.27. The third kappa shape index (κ3) is 1.71. The molecule has 100 valence electrons. The van der Waals surface area contributed by atoms with Gasteiger partial charge in [-0.15, -0.1) is 0 Å². The van der Waals surface area contributed by atoms with Crippen molar-refractivity contribution < 1.29 is 4.42 Å². The summed E-state index contributed by atoms with van der Waals surface area (Å²) < 4.78 is 5.34. The summed E-state index contributed by atoms with van der Waals surface area (Å²) in [4.78, 5) is 13.2. The second-order valence-electron chi connectivity index (χ2n) is 5.28. The number of rotatable bonds is 3. The summed E-state index contributed by atoms with van der Waals surface area (Å²) in [6, 6.07) is 7.80. The zero-order valence-corrected chi connectivity index (χ0v) is 10.9. The molecule has 0 radical (unpaired) electrons. The summed E-state index contributed by atoms with van der Waals surface area (Å²) in [5, 5.41) is 0. The van der Waals surface area contributed by atoms with E-state index in [1.165, 1.54) is 6.39 Å². The maximum atomic E-state index is 5.85. The summed E-state index contributed by atoms with van der Waals surface area (Å²) in [6.07, 6.45) is 5.41. The van der Waals surface area contributed by atoms with Gasteiger partial charge in [-0.3, -0.25) is 0 Å². The molecule has 1 saturated carbocycles. The Morgan fingerprint density at radius 2 is 2.10 bits per heavy atom. The van der Waals surface area contributed by atoms with Crippen LogP contribution >= 0.6 is 0 Å². The molecule has 5 nitrogen and oxygen atoms in total. The van der Waals surface area contributed by atoms with Crippen molar-refractivity contribution >= 4 is 11.1 Å². The van der Waals surface area contributed by atoms with E-state index in [0.717, 1.165) is 41.0 Å². The standard InChI is InChI=1S/C15H14N4O/c16-8-15(4-5-15)14-17-6-3-11(19-14)10-1-2-12-13(7-10)20-9-18-12/h1-3,6-7,9H,4-5,8,16H2. The van der Waals surface area contributed by atoms with Gasteiger partial charge in [0.25, 0.3) is 0 Å². The second kappa shape index (κ2) is 4.11. The van der Waals surface area contributed by atoms with Crippen molar-refractivity contribution in [3.8, 4) is 11.3 Å².